The number of hydrogen-bond donors (Lipinski definition) is 4. The highest BCUT2D eigenvalue weighted by Crippen LogP contribution is 2.71. The highest BCUT2D eigenvalue weighted by molar-refractivity contribution is 7.59. The minimum absolute atomic E-state index is 0.0689. The van der Waals surface area contributed by atoms with Crippen molar-refractivity contribution < 1.29 is 51.6 Å². The van der Waals surface area contributed by atoms with Crippen molar-refractivity contribution in [2.24, 2.45) is 5.92 Å². The van der Waals surface area contributed by atoms with E-state index in [2.05, 4.69) is 16.0 Å². The Morgan fingerprint density at radius 2 is 1.78 bits per heavy atom. The number of benzene rings is 2. The largest absolute Gasteiger partial charge is 0.495 e. The SMILES string of the molecule is COc1ccc2c(OC3C[C@H]4C(=O)N[C@]5(P(=O)(O)Cc6c(F)cccc6F)C[C@H]5CCCOCCC[C@H](NC(=O)OC5CCCC5)C(=O)N4C3)cc(-c3csc(NC(C)C)n3)nc2c1Cl. The number of carbonyl (C=O) groups excluding carboxylic acids is 3. The van der Waals surface area contributed by atoms with Crippen LogP contribution in [0.1, 0.15) is 83.6 Å². The fourth-order valence-corrected chi connectivity index (χ4v) is 12.9. The molecule has 2 saturated heterocycles. The summed E-state index contributed by atoms with van der Waals surface area (Å²) in [4.78, 5) is 65.7. The van der Waals surface area contributed by atoms with Crippen LogP contribution in [0, 0.1) is 17.6 Å². The molecule has 20 heteroatoms. The van der Waals surface area contributed by atoms with Gasteiger partial charge in [0.1, 0.15) is 63.4 Å². The Bertz CT molecular complexity index is 2460. The van der Waals surface area contributed by atoms with E-state index in [1.807, 2.05) is 19.2 Å². The van der Waals surface area contributed by atoms with Gasteiger partial charge in [-0.25, -0.2) is 23.5 Å². The number of nitrogens with one attached hydrogen (secondary N) is 3. The number of halogens is 3. The quantitative estimate of drug-likeness (QED) is 0.105. The number of methoxy groups -OCH3 is 1. The smallest absolute Gasteiger partial charge is 0.408 e. The van der Waals surface area contributed by atoms with Crippen molar-refractivity contribution in [3.8, 4) is 22.9 Å². The van der Waals surface area contributed by atoms with Crippen LogP contribution in [0.25, 0.3) is 22.3 Å². The summed E-state index contributed by atoms with van der Waals surface area (Å²) in [5.74, 6) is -3.09. The van der Waals surface area contributed by atoms with Gasteiger partial charge in [0.05, 0.1) is 31.0 Å². The van der Waals surface area contributed by atoms with Crippen molar-refractivity contribution in [1.82, 2.24) is 25.5 Å². The van der Waals surface area contributed by atoms with Gasteiger partial charge >= 0.3 is 6.09 Å². The average molecular weight is 959 g/mol. The molecule has 0 radical (unpaired) electrons. The highest BCUT2D eigenvalue weighted by atomic mass is 35.5. The summed E-state index contributed by atoms with van der Waals surface area (Å²) in [5.41, 5.74) is 0.803. The molecule has 4 fully saturated rings. The maximum absolute atomic E-state index is 15.0. The van der Waals surface area contributed by atoms with Gasteiger partial charge in [-0.2, -0.15) is 0 Å². The van der Waals surface area contributed by atoms with Crippen molar-refractivity contribution in [1.29, 1.82) is 0 Å². The molecule has 4 heterocycles. The first-order chi connectivity index (χ1) is 31.2. The summed E-state index contributed by atoms with van der Waals surface area (Å²) in [6.07, 6.45) is 2.00. The summed E-state index contributed by atoms with van der Waals surface area (Å²) >= 11 is 8.26. The lowest BCUT2D eigenvalue weighted by atomic mass is 10.1. The molecule has 6 atom stereocenters. The second-order valence-electron chi connectivity index (χ2n) is 17.6. The van der Waals surface area contributed by atoms with Gasteiger partial charge in [-0.15, -0.1) is 11.3 Å². The number of rotatable bonds is 11. The minimum atomic E-state index is -4.60. The molecule has 350 valence electrons. The van der Waals surface area contributed by atoms with Crippen LogP contribution in [-0.4, -0.2) is 100 Å². The van der Waals surface area contributed by atoms with Crippen LogP contribution in [0.2, 0.25) is 5.02 Å². The zero-order valence-electron chi connectivity index (χ0n) is 36.4. The van der Waals surface area contributed by atoms with Crippen LogP contribution in [0.4, 0.5) is 18.7 Å². The molecule has 65 heavy (non-hydrogen) atoms. The highest BCUT2D eigenvalue weighted by Gasteiger charge is 2.66. The molecule has 4 aromatic rings. The number of pyridine rings is 1. The second kappa shape index (κ2) is 19.7. The van der Waals surface area contributed by atoms with Gasteiger partial charge in [0.25, 0.3) is 0 Å². The standard InChI is InChI=1S/C45H54ClF2N6O9PS/c1-25(2)49-43-51-35(24-65-43)34-20-38(29-15-16-37(60-3)39(46)40(29)50-34)62-28-19-36-41(55)53-45(64(58,59)23-30-31(47)12-6-13-32(30)48)21-26(45)9-7-17-61-18-8-14-33(42(56)54(36)22-28)52-44(57)63-27-10-4-5-11-27/h6,12-13,15-16,20,24-28,33,36H,4-5,7-11,14,17-19,21-23H2,1-3H3,(H,49,51)(H,52,57)(H,53,55)(H,58,59)/t26-,28?,33+,36+,45+/m1/s1. The average Bonchev–Trinajstić information content (AvgIpc) is 3.68. The van der Waals surface area contributed by atoms with E-state index in [1.165, 1.54) is 29.4 Å². The molecule has 2 saturated carbocycles. The monoisotopic (exact) mass is 958 g/mol. The fourth-order valence-electron chi connectivity index (χ4n) is 9.23. The molecule has 4 N–H and O–H groups in total. The molecule has 2 aliphatic heterocycles. The normalized spacial score (nSPS) is 25.2. The lowest BCUT2D eigenvalue weighted by molar-refractivity contribution is -0.140. The zero-order chi connectivity index (χ0) is 46.0. The Kier molecular flexibility index (Phi) is 14.2. The summed E-state index contributed by atoms with van der Waals surface area (Å²) in [5, 5.41) is 10.5. The first kappa shape index (κ1) is 46.9. The number of alkyl carbamates (subject to hydrolysis) is 1. The number of thiazole rings is 1. The number of ether oxygens (including phenoxy) is 4. The Balaban J connectivity index is 1.14. The molecule has 15 nitrogen and oxygen atoms in total. The third kappa shape index (κ3) is 10.2. The summed E-state index contributed by atoms with van der Waals surface area (Å²) in [6, 6.07) is 6.09. The van der Waals surface area contributed by atoms with E-state index in [0.29, 0.717) is 64.8 Å². The van der Waals surface area contributed by atoms with Crippen molar-refractivity contribution in [2.75, 3.05) is 32.2 Å². The lowest BCUT2D eigenvalue weighted by Crippen LogP contribution is -2.55. The number of nitrogens with zero attached hydrogens (tertiary/aromatic N) is 3. The van der Waals surface area contributed by atoms with Gasteiger partial charge in [-0.3, -0.25) is 14.2 Å². The molecule has 2 aromatic carbocycles. The second-order valence-corrected chi connectivity index (χ2v) is 21.3. The fraction of sp³-hybridized carbons (Fsp3) is 0.533. The van der Waals surface area contributed by atoms with Crippen LogP contribution in [0.5, 0.6) is 11.5 Å². The van der Waals surface area contributed by atoms with Gasteiger partial charge in [-0.1, -0.05) is 17.7 Å². The van der Waals surface area contributed by atoms with E-state index >= 15 is 0 Å². The van der Waals surface area contributed by atoms with Crippen molar-refractivity contribution in [3.63, 3.8) is 0 Å². The first-order valence-electron chi connectivity index (χ1n) is 22.1. The summed E-state index contributed by atoms with van der Waals surface area (Å²) in [7, 11) is -3.11. The van der Waals surface area contributed by atoms with E-state index in [0.717, 1.165) is 37.8 Å². The molecular formula is C45H54ClF2N6O9PS. The van der Waals surface area contributed by atoms with E-state index in [9.17, 15) is 32.6 Å². The van der Waals surface area contributed by atoms with E-state index < -0.39 is 78.0 Å². The number of hydrogen-bond acceptors (Lipinski definition) is 12. The van der Waals surface area contributed by atoms with Gasteiger partial charge in [0.2, 0.25) is 19.2 Å². The maximum Gasteiger partial charge on any atom is 0.408 e. The Morgan fingerprint density at radius 1 is 1.05 bits per heavy atom. The van der Waals surface area contributed by atoms with Crippen LogP contribution in [0.3, 0.4) is 0 Å². The molecule has 4 aliphatic rings. The third-order valence-electron chi connectivity index (χ3n) is 12.6. The number of carbonyl (C=O) groups is 3. The number of fused-ring (bicyclic) bond motifs is 3. The van der Waals surface area contributed by atoms with Crippen molar-refractivity contribution >= 4 is 64.2 Å². The van der Waals surface area contributed by atoms with Crippen molar-refractivity contribution in [3.05, 3.63) is 64.0 Å². The molecule has 3 amide bonds. The molecule has 2 aliphatic carbocycles. The van der Waals surface area contributed by atoms with Gasteiger partial charge in [0, 0.05) is 48.1 Å². The van der Waals surface area contributed by atoms with E-state index in [4.69, 9.17) is 40.5 Å². The van der Waals surface area contributed by atoms with Crippen LogP contribution in [-0.2, 0) is 29.8 Å². The predicted molar refractivity (Wildman–Crippen MR) is 242 cm³/mol. The predicted octanol–water partition coefficient (Wildman–Crippen LogP) is 8.40. The Hall–Kier alpha value is -4.61. The van der Waals surface area contributed by atoms with E-state index in [-0.39, 0.29) is 49.6 Å². The molecular weight excluding hydrogens is 905 g/mol. The number of anilines is 1. The van der Waals surface area contributed by atoms with Crippen LogP contribution in [0.15, 0.2) is 41.8 Å². The Labute approximate surface area is 384 Å². The topological polar surface area (TPSA) is 191 Å². The maximum atomic E-state index is 15.0. The minimum Gasteiger partial charge on any atom is -0.495 e. The van der Waals surface area contributed by atoms with Gasteiger partial charge in [0.15, 0.2) is 5.13 Å². The van der Waals surface area contributed by atoms with Crippen LogP contribution >= 0.6 is 30.3 Å². The first-order valence-corrected chi connectivity index (χ1v) is 25.2. The Morgan fingerprint density at radius 3 is 2.51 bits per heavy atom. The molecule has 0 spiro atoms. The lowest BCUT2D eigenvalue weighted by Gasteiger charge is -2.31. The molecule has 2 aromatic heterocycles. The summed E-state index contributed by atoms with van der Waals surface area (Å²) < 4.78 is 68.3. The molecule has 8 rings (SSSR count). The third-order valence-corrected chi connectivity index (χ3v) is 16.4. The molecule has 2 unspecified atom stereocenters. The van der Waals surface area contributed by atoms with Gasteiger partial charge < -0.3 is 44.7 Å². The van der Waals surface area contributed by atoms with Crippen LogP contribution < -0.4 is 25.4 Å². The van der Waals surface area contributed by atoms with E-state index in [1.54, 1.807) is 18.2 Å². The summed E-state index contributed by atoms with van der Waals surface area (Å²) in [6.45, 7) is 4.43. The number of amides is 3. The van der Waals surface area contributed by atoms with Crippen molar-refractivity contribution in [2.45, 2.75) is 120 Å². The van der Waals surface area contributed by atoms with Gasteiger partial charge in [-0.05, 0) is 102 Å². The molecule has 0 bridgehead atoms. The zero-order valence-corrected chi connectivity index (χ0v) is 38.9. The number of aromatic nitrogens is 2.